The van der Waals surface area contributed by atoms with Crippen molar-refractivity contribution in [3.8, 4) is 0 Å². The van der Waals surface area contributed by atoms with Crippen molar-refractivity contribution in [1.82, 2.24) is 26.2 Å². The monoisotopic (exact) mass is 733 g/mol. The minimum Gasteiger partial charge on any atom is -0.444 e. The Labute approximate surface area is 302 Å². The van der Waals surface area contributed by atoms with E-state index in [0.717, 1.165) is 18.1 Å². The van der Waals surface area contributed by atoms with Crippen molar-refractivity contribution in [2.24, 2.45) is 11.3 Å². The van der Waals surface area contributed by atoms with Crippen molar-refractivity contribution in [3.63, 3.8) is 0 Å². The number of carbonyl (C=O) groups is 6. The van der Waals surface area contributed by atoms with Gasteiger partial charge < -0.3 is 55.3 Å². The summed E-state index contributed by atoms with van der Waals surface area (Å²) < 4.78 is 20.8. The Kier molecular flexibility index (Phi) is 30.2. The lowest BCUT2D eigenvalue weighted by Gasteiger charge is -2.26. The van der Waals surface area contributed by atoms with E-state index in [2.05, 4.69) is 42.0 Å². The Morgan fingerprint density at radius 1 is 0.784 bits per heavy atom. The van der Waals surface area contributed by atoms with E-state index >= 15 is 0 Å². The number of likely N-dealkylation sites (N-methyl/N-ethyl adjacent to an activating group) is 1. The Morgan fingerprint density at radius 3 is 1.90 bits per heavy atom. The Morgan fingerprint density at radius 2 is 1.33 bits per heavy atom. The minimum absolute atomic E-state index is 0.00287. The highest BCUT2D eigenvalue weighted by Gasteiger charge is 2.22. The summed E-state index contributed by atoms with van der Waals surface area (Å²) in [6.45, 7) is 13.5. The normalized spacial score (nSPS) is 12.3. The molecule has 296 valence electrons. The molecule has 0 bridgehead atoms. The van der Waals surface area contributed by atoms with E-state index in [1.807, 2.05) is 20.8 Å². The number of alkyl carbamates (subject to hydrolysis) is 1. The number of amides is 5. The highest BCUT2D eigenvalue weighted by Crippen LogP contribution is 2.22. The van der Waals surface area contributed by atoms with E-state index in [1.54, 1.807) is 0 Å². The van der Waals surface area contributed by atoms with E-state index in [9.17, 15) is 39.0 Å². The van der Waals surface area contributed by atoms with Gasteiger partial charge in [-0.1, -0.05) is 41.5 Å². The maximum Gasteiger partial charge on any atom is 0.407 e. The zero-order valence-corrected chi connectivity index (χ0v) is 31.5. The van der Waals surface area contributed by atoms with Gasteiger partial charge >= 0.3 is 6.09 Å². The molecule has 2 unspecified atom stereocenters. The van der Waals surface area contributed by atoms with Crippen molar-refractivity contribution in [2.45, 2.75) is 79.6 Å². The number of allylic oxidation sites excluding steroid dienone is 1. The lowest BCUT2D eigenvalue weighted by atomic mass is 9.89. The van der Waals surface area contributed by atoms with Gasteiger partial charge in [-0.2, -0.15) is 0 Å². The third kappa shape index (κ3) is 36.0. The quantitative estimate of drug-likeness (QED) is 0.0305. The second-order valence-corrected chi connectivity index (χ2v) is 13.2. The summed E-state index contributed by atoms with van der Waals surface area (Å²) in [5.41, 5.74) is -0.125. The van der Waals surface area contributed by atoms with E-state index in [-0.39, 0.29) is 114 Å². The van der Waals surface area contributed by atoms with Crippen molar-refractivity contribution >= 4 is 36.0 Å². The highest BCUT2D eigenvalue weighted by molar-refractivity contribution is 5.91. The molecule has 0 aliphatic heterocycles. The van der Waals surface area contributed by atoms with Crippen LogP contribution in [0.15, 0.2) is 12.2 Å². The summed E-state index contributed by atoms with van der Waals surface area (Å²) in [5.74, 6) is -0.378. The molecule has 0 radical (unpaired) electrons. The molecule has 5 amide bonds. The second-order valence-electron chi connectivity index (χ2n) is 13.2. The van der Waals surface area contributed by atoms with Crippen LogP contribution in [0.4, 0.5) is 4.79 Å². The molecule has 0 fully saturated rings. The third-order valence-electron chi connectivity index (χ3n) is 5.92. The van der Waals surface area contributed by atoms with Crippen molar-refractivity contribution < 1.29 is 57.9 Å². The van der Waals surface area contributed by atoms with Crippen LogP contribution in [-0.4, -0.2) is 143 Å². The van der Waals surface area contributed by atoms with Gasteiger partial charge in [0.05, 0.1) is 39.1 Å². The van der Waals surface area contributed by atoms with Crippen LogP contribution in [0.3, 0.4) is 0 Å². The van der Waals surface area contributed by atoms with Gasteiger partial charge in [-0.25, -0.2) is 4.79 Å². The first-order chi connectivity index (χ1) is 24.0. The summed E-state index contributed by atoms with van der Waals surface area (Å²) in [6, 6.07) is 0. The molecule has 0 aromatic rings. The van der Waals surface area contributed by atoms with Crippen LogP contribution in [0.25, 0.3) is 0 Å². The van der Waals surface area contributed by atoms with Crippen molar-refractivity contribution in [3.05, 3.63) is 12.2 Å². The number of rotatable bonds is 26. The first kappa shape index (κ1) is 49.5. The molecule has 0 aromatic heterocycles. The maximum absolute atomic E-state index is 11.9. The van der Waals surface area contributed by atoms with Crippen molar-refractivity contribution in [1.29, 1.82) is 0 Å². The van der Waals surface area contributed by atoms with Crippen LogP contribution >= 0.6 is 0 Å². The number of nitrogens with one attached hydrogen (secondary N) is 4. The first-order valence-electron chi connectivity index (χ1n) is 17.2. The molecule has 0 aliphatic rings. The third-order valence-corrected chi connectivity index (χ3v) is 5.92. The number of aliphatic hydroxyl groups excluding tert-OH is 2. The topological polar surface area (TPSA) is 231 Å². The number of hydrogen-bond donors (Lipinski definition) is 6. The molecule has 17 heteroatoms. The van der Waals surface area contributed by atoms with Crippen LogP contribution in [0.2, 0.25) is 0 Å². The predicted molar refractivity (Wildman–Crippen MR) is 189 cm³/mol. The molecule has 51 heavy (non-hydrogen) atoms. The molecule has 0 rings (SSSR count). The maximum atomic E-state index is 11.9. The smallest absolute Gasteiger partial charge is 0.407 e. The fourth-order valence-electron chi connectivity index (χ4n) is 3.62. The molecule has 0 saturated heterocycles. The fourth-order valence-corrected chi connectivity index (χ4v) is 3.62. The lowest BCUT2D eigenvalue weighted by molar-refractivity contribution is -0.171. The van der Waals surface area contributed by atoms with Crippen LogP contribution < -0.4 is 21.3 Å². The number of aliphatic hydroxyl groups is 2. The number of aldehydes is 1. The predicted octanol–water partition coefficient (Wildman–Crippen LogP) is 0.273. The summed E-state index contributed by atoms with van der Waals surface area (Å²) in [4.78, 5) is 70.5. The highest BCUT2D eigenvalue weighted by atomic mass is 16.6. The van der Waals surface area contributed by atoms with Gasteiger partial charge in [-0.3, -0.25) is 24.0 Å². The molecule has 0 heterocycles. The van der Waals surface area contributed by atoms with Gasteiger partial charge in [0.1, 0.15) is 12.9 Å². The van der Waals surface area contributed by atoms with Crippen LogP contribution in [0.1, 0.15) is 67.2 Å². The standard InChI is InChI=1S/C30H53N5O12.C4H10/c1-30(2,3)20-23(21-37)47-28(42)22-46-29(43)34-10-7-24(38)31-11-12-32-26(40)9-16-44-18-19-45-17-13-33-25(39)8-14-35(4)27(41)6-5-15-36;1-4(2)3/h5-6,15,23,28,37,42H,7-14,16-22H2,1-4H3,(H,31,38)(H,32,40)(H,33,39)(H,34,43);4H,1-3H3/b6-5-;. The summed E-state index contributed by atoms with van der Waals surface area (Å²) >= 11 is 0. The Balaban J connectivity index is 0. The van der Waals surface area contributed by atoms with Crippen LogP contribution in [0, 0.1) is 11.3 Å². The van der Waals surface area contributed by atoms with E-state index in [4.69, 9.17) is 18.9 Å². The van der Waals surface area contributed by atoms with Gasteiger partial charge in [0.2, 0.25) is 23.6 Å². The first-order valence-corrected chi connectivity index (χ1v) is 17.2. The van der Waals surface area contributed by atoms with Gasteiger partial charge in [0, 0.05) is 65.1 Å². The number of hydrogen-bond acceptors (Lipinski definition) is 12. The molecule has 0 saturated carbocycles. The van der Waals surface area contributed by atoms with Crippen LogP contribution in [0.5, 0.6) is 0 Å². The zero-order valence-electron chi connectivity index (χ0n) is 31.5. The van der Waals surface area contributed by atoms with E-state index < -0.39 is 25.1 Å². The van der Waals surface area contributed by atoms with Crippen LogP contribution in [-0.2, 0) is 42.9 Å². The fraction of sp³-hybridized carbons (Fsp3) is 0.765. The minimum atomic E-state index is -1.40. The van der Waals surface area contributed by atoms with Crippen molar-refractivity contribution in [2.75, 3.05) is 79.4 Å². The molecular formula is C34H63N5O12. The number of ether oxygens (including phenoxy) is 4. The van der Waals surface area contributed by atoms with E-state index in [0.29, 0.717) is 12.7 Å². The summed E-state index contributed by atoms with van der Waals surface area (Å²) in [6.07, 6.45) is 0.590. The molecule has 0 aliphatic carbocycles. The Hall–Kier alpha value is -3.64. The second kappa shape index (κ2) is 31.1. The number of nitrogens with zero attached hydrogens (tertiary/aromatic N) is 1. The molecule has 0 aromatic carbocycles. The van der Waals surface area contributed by atoms with E-state index in [1.165, 1.54) is 11.9 Å². The molecular weight excluding hydrogens is 670 g/mol. The average molecular weight is 734 g/mol. The molecule has 17 nitrogen and oxygen atoms in total. The van der Waals surface area contributed by atoms with Gasteiger partial charge in [-0.15, -0.1) is 0 Å². The molecule has 6 N–H and O–H groups in total. The summed E-state index contributed by atoms with van der Waals surface area (Å²) in [5, 5.41) is 29.6. The SMILES string of the molecule is CC(C)C.CN(CCC(=O)NCCOCCOCCC(=O)NCCNC(=O)CCNC(=O)OCC(O)OC(CO)CC(C)(C)C)C(=O)/C=C\C=O. The molecule has 2 atom stereocenters. The summed E-state index contributed by atoms with van der Waals surface area (Å²) in [7, 11) is 1.53. The zero-order chi connectivity index (χ0) is 39.1. The molecule has 0 spiro atoms. The Bertz CT molecular complexity index is 1020. The van der Waals surface area contributed by atoms with Gasteiger partial charge in [0.15, 0.2) is 6.29 Å². The lowest BCUT2D eigenvalue weighted by Crippen LogP contribution is -2.37. The average Bonchev–Trinajstić information content (AvgIpc) is 3.05. The number of carbonyl (C=O) groups excluding carboxylic acids is 6. The largest absolute Gasteiger partial charge is 0.444 e. The van der Waals surface area contributed by atoms with Gasteiger partial charge in [-0.05, 0) is 23.8 Å². The van der Waals surface area contributed by atoms with Gasteiger partial charge in [0.25, 0.3) is 0 Å².